The molecule has 1 amide bonds. The van der Waals surface area contributed by atoms with Crippen LogP contribution >= 0.6 is 0 Å². The zero-order valence-corrected chi connectivity index (χ0v) is 14.3. The molecule has 1 aromatic heterocycles. The first-order chi connectivity index (χ1) is 12.1. The number of nitrogens with zero attached hydrogens (tertiary/aromatic N) is 3. The molecule has 7 heteroatoms. The van der Waals surface area contributed by atoms with Gasteiger partial charge in [-0.3, -0.25) is 14.8 Å². The smallest absolute Gasteiger partial charge is 0.261 e. The number of aliphatic hydroxyl groups excluding tert-OH is 1. The number of aromatic nitrogens is 2. The summed E-state index contributed by atoms with van der Waals surface area (Å²) in [7, 11) is 3.03. The van der Waals surface area contributed by atoms with Crippen molar-refractivity contribution < 1.29 is 19.4 Å². The lowest BCUT2D eigenvalue weighted by atomic mass is 10.0. The summed E-state index contributed by atoms with van der Waals surface area (Å²) in [5.41, 5.74) is 1.18. The molecule has 1 fully saturated rings. The first kappa shape index (κ1) is 17.2. The summed E-state index contributed by atoms with van der Waals surface area (Å²) < 4.78 is 10.6. The number of carbonyl (C=O) groups is 1. The highest BCUT2D eigenvalue weighted by atomic mass is 16.5. The second kappa shape index (κ2) is 7.48. The largest absolute Gasteiger partial charge is 0.496 e. The van der Waals surface area contributed by atoms with Gasteiger partial charge in [-0.25, -0.2) is 0 Å². The summed E-state index contributed by atoms with van der Waals surface area (Å²) in [4.78, 5) is 22.9. The van der Waals surface area contributed by atoms with Crippen molar-refractivity contribution in [2.45, 2.75) is 12.5 Å². The van der Waals surface area contributed by atoms with Crippen LogP contribution in [-0.4, -0.2) is 59.3 Å². The molecule has 7 nitrogen and oxygen atoms in total. The van der Waals surface area contributed by atoms with Crippen molar-refractivity contribution in [3.63, 3.8) is 0 Å². The molecule has 25 heavy (non-hydrogen) atoms. The normalized spacial score (nSPS) is 19.7. The van der Waals surface area contributed by atoms with Crippen molar-refractivity contribution in [3.05, 3.63) is 48.0 Å². The lowest BCUT2D eigenvalue weighted by Gasteiger charge is -2.19. The minimum Gasteiger partial charge on any atom is -0.496 e. The maximum Gasteiger partial charge on any atom is 0.261 e. The third kappa shape index (κ3) is 3.56. The zero-order valence-electron chi connectivity index (χ0n) is 14.3. The van der Waals surface area contributed by atoms with Crippen molar-refractivity contribution in [1.82, 2.24) is 14.9 Å². The van der Waals surface area contributed by atoms with Gasteiger partial charge >= 0.3 is 0 Å². The van der Waals surface area contributed by atoms with Crippen molar-refractivity contribution in [2.24, 2.45) is 5.92 Å². The Morgan fingerprint density at radius 3 is 2.56 bits per heavy atom. The molecule has 0 spiro atoms. The van der Waals surface area contributed by atoms with E-state index in [0.29, 0.717) is 30.0 Å². The number of benzene rings is 1. The molecular weight excluding hydrogens is 322 g/mol. The quantitative estimate of drug-likeness (QED) is 0.877. The number of β-amino-alcohol motifs (C(OH)–C–C–N with tert-alkyl or cyclic N) is 1. The van der Waals surface area contributed by atoms with Gasteiger partial charge in [-0.15, -0.1) is 0 Å². The molecule has 1 aliphatic heterocycles. The predicted molar refractivity (Wildman–Crippen MR) is 90.7 cm³/mol. The minimum absolute atomic E-state index is 0.0821. The van der Waals surface area contributed by atoms with Crippen LogP contribution in [0.1, 0.15) is 16.1 Å². The molecule has 1 aliphatic rings. The molecule has 0 aliphatic carbocycles. The topological polar surface area (TPSA) is 84.8 Å². The Morgan fingerprint density at radius 1 is 1.24 bits per heavy atom. The van der Waals surface area contributed by atoms with Gasteiger partial charge < -0.3 is 19.5 Å². The Balaban J connectivity index is 1.78. The lowest BCUT2D eigenvalue weighted by Crippen LogP contribution is -2.30. The van der Waals surface area contributed by atoms with Crippen LogP contribution in [-0.2, 0) is 6.42 Å². The molecule has 2 heterocycles. The van der Waals surface area contributed by atoms with Crippen LogP contribution < -0.4 is 9.47 Å². The number of methoxy groups -OCH3 is 2. The lowest BCUT2D eigenvalue weighted by molar-refractivity contribution is 0.0757. The summed E-state index contributed by atoms with van der Waals surface area (Å²) in [6.45, 7) is 0.711. The molecule has 0 radical (unpaired) electrons. The van der Waals surface area contributed by atoms with E-state index in [0.717, 1.165) is 5.69 Å². The Morgan fingerprint density at radius 2 is 1.96 bits per heavy atom. The van der Waals surface area contributed by atoms with E-state index in [1.54, 1.807) is 41.7 Å². The highest BCUT2D eigenvalue weighted by Gasteiger charge is 2.36. The molecule has 3 rings (SSSR count). The average molecular weight is 343 g/mol. The van der Waals surface area contributed by atoms with Gasteiger partial charge in [0.05, 0.1) is 26.0 Å². The first-order valence-electron chi connectivity index (χ1n) is 8.07. The molecule has 0 saturated carbocycles. The minimum atomic E-state index is -0.605. The number of rotatable bonds is 5. The number of carbonyl (C=O) groups excluding carboxylic acids is 1. The molecule has 1 aromatic carbocycles. The van der Waals surface area contributed by atoms with Crippen LogP contribution in [0, 0.1) is 5.92 Å². The fourth-order valence-corrected chi connectivity index (χ4v) is 3.14. The third-order valence-electron chi connectivity index (χ3n) is 4.42. The fraction of sp³-hybridized carbons (Fsp3) is 0.389. The van der Waals surface area contributed by atoms with Crippen molar-refractivity contribution in [2.75, 3.05) is 27.3 Å². The van der Waals surface area contributed by atoms with Gasteiger partial charge in [0, 0.05) is 37.6 Å². The highest BCUT2D eigenvalue weighted by molar-refractivity contribution is 6.00. The molecule has 2 aromatic rings. The standard InChI is InChI=1S/C18H21N3O4/c1-24-15-4-3-5-16(25-2)17(15)18(23)21-10-12(14(22)11-21)8-13-9-19-6-7-20-13/h3-7,9,12,14,22H,8,10-11H2,1-2H3/t12-,14-/m1/s1. The van der Waals surface area contributed by atoms with E-state index in [1.807, 2.05) is 0 Å². The highest BCUT2D eigenvalue weighted by Crippen LogP contribution is 2.31. The molecule has 2 atom stereocenters. The van der Waals surface area contributed by atoms with Crippen LogP contribution in [0.4, 0.5) is 0 Å². The van der Waals surface area contributed by atoms with E-state index in [9.17, 15) is 9.90 Å². The average Bonchev–Trinajstić information content (AvgIpc) is 3.01. The summed E-state index contributed by atoms with van der Waals surface area (Å²) in [6, 6.07) is 5.21. The van der Waals surface area contributed by atoms with Crippen LogP contribution in [0.3, 0.4) is 0 Å². The summed E-state index contributed by atoms with van der Waals surface area (Å²) in [5.74, 6) is 0.615. The Bertz CT molecular complexity index is 716. The van der Waals surface area contributed by atoms with Gasteiger partial charge in [-0.1, -0.05) is 6.07 Å². The van der Waals surface area contributed by atoms with E-state index in [2.05, 4.69) is 9.97 Å². The number of hydrogen-bond acceptors (Lipinski definition) is 6. The number of hydrogen-bond donors (Lipinski definition) is 1. The second-order valence-corrected chi connectivity index (χ2v) is 5.98. The number of amides is 1. The summed E-state index contributed by atoms with van der Waals surface area (Å²) in [6.07, 6.45) is 4.88. The van der Waals surface area contributed by atoms with Gasteiger partial charge in [0.15, 0.2) is 0 Å². The number of likely N-dealkylation sites (tertiary alicyclic amines) is 1. The SMILES string of the molecule is COc1cccc(OC)c1C(=O)N1C[C@@H](Cc2cnccn2)[C@H](O)C1. The summed E-state index contributed by atoms with van der Waals surface area (Å²) in [5, 5.41) is 10.4. The number of aliphatic hydroxyl groups is 1. The van der Waals surface area contributed by atoms with Crippen molar-refractivity contribution in [1.29, 1.82) is 0 Å². The molecule has 1 N–H and O–H groups in total. The molecule has 1 saturated heterocycles. The molecular formula is C18H21N3O4. The van der Waals surface area contributed by atoms with E-state index in [4.69, 9.17) is 9.47 Å². The summed E-state index contributed by atoms with van der Waals surface area (Å²) >= 11 is 0. The Kier molecular flexibility index (Phi) is 5.14. The molecule has 0 bridgehead atoms. The van der Waals surface area contributed by atoms with Crippen LogP contribution in [0.2, 0.25) is 0 Å². The number of ether oxygens (including phenoxy) is 2. The van der Waals surface area contributed by atoms with Crippen LogP contribution in [0.15, 0.2) is 36.8 Å². The zero-order chi connectivity index (χ0) is 17.8. The second-order valence-electron chi connectivity index (χ2n) is 5.98. The fourth-order valence-electron chi connectivity index (χ4n) is 3.14. The maximum absolute atomic E-state index is 13.0. The molecule has 0 unspecified atom stereocenters. The van der Waals surface area contributed by atoms with Crippen LogP contribution in [0.5, 0.6) is 11.5 Å². The van der Waals surface area contributed by atoms with Gasteiger partial charge in [0.1, 0.15) is 17.1 Å². The van der Waals surface area contributed by atoms with Gasteiger partial charge in [0.25, 0.3) is 5.91 Å². The van der Waals surface area contributed by atoms with Gasteiger partial charge in [0.2, 0.25) is 0 Å². The Hall–Kier alpha value is -2.67. The molecule has 132 valence electrons. The predicted octanol–water partition coefficient (Wildman–Crippen LogP) is 1.17. The van der Waals surface area contributed by atoms with E-state index in [1.165, 1.54) is 14.2 Å². The van der Waals surface area contributed by atoms with Gasteiger partial charge in [-0.05, 0) is 18.6 Å². The van der Waals surface area contributed by atoms with E-state index < -0.39 is 6.10 Å². The van der Waals surface area contributed by atoms with Gasteiger partial charge in [-0.2, -0.15) is 0 Å². The maximum atomic E-state index is 13.0. The monoisotopic (exact) mass is 343 g/mol. The first-order valence-corrected chi connectivity index (χ1v) is 8.07. The third-order valence-corrected chi connectivity index (χ3v) is 4.42. The van der Waals surface area contributed by atoms with Crippen LogP contribution in [0.25, 0.3) is 0 Å². The van der Waals surface area contributed by atoms with Crippen molar-refractivity contribution >= 4 is 5.91 Å². The van der Waals surface area contributed by atoms with Crippen molar-refractivity contribution in [3.8, 4) is 11.5 Å². The van der Waals surface area contributed by atoms with E-state index in [-0.39, 0.29) is 18.4 Å². The Labute approximate surface area is 146 Å². The van der Waals surface area contributed by atoms with E-state index >= 15 is 0 Å².